The van der Waals surface area contributed by atoms with Gasteiger partial charge in [0.25, 0.3) is 0 Å². The average Bonchev–Trinajstić information content (AvgIpc) is 2.82. The maximum Gasteiger partial charge on any atom is 0.436 e. The van der Waals surface area contributed by atoms with Crippen LogP contribution in [0.4, 0.5) is 24.5 Å². The Morgan fingerprint density at radius 2 is 1.69 bits per heavy atom. The number of benzene rings is 1. The van der Waals surface area contributed by atoms with Gasteiger partial charge in [0.05, 0.1) is 17.3 Å². The van der Waals surface area contributed by atoms with Crippen molar-refractivity contribution in [1.29, 1.82) is 0 Å². The highest BCUT2D eigenvalue weighted by Crippen LogP contribution is 2.35. The Labute approximate surface area is 152 Å². The normalized spacial score (nSPS) is 11.3. The van der Waals surface area contributed by atoms with Gasteiger partial charge in [-0.05, 0) is 31.2 Å². The smallest absolute Gasteiger partial charge is 0.326 e. The topological polar surface area (TPSA) is 76.0 Å². The highest BCUT2D eigenvalue weighted by atomic mass is 35.5. The number of aryl methyl sites for hydroxylation is 1. The first-order valence-electron chi connectivity index (χ1n) is 7.55. The van der Waals surface area contributed by atoms with E-state index in [1.165, 1.54) is 13.8 Å². The molecule has 2 amide bonds. The maximum absolute atomic E-state index is 12.8. The number of carbonyl (C=O) groups is 2. The summed E-state index contributed by atoms with van der Waals surface area (Å²) in [4.78, 5) is 22.9. The van der Waals surface area contributed by atoms with Crippen molar-refractivity contribution in [2.45, 2.75) is 33.0 Å². The highest BCUT2D eigenvalue weighted by Gasteiger charge is 2.38. The van der Waals surface area contributed by atoms with Crippen molar-refractivity contribution < 1.29 is 22.8 Å². The predicted molar refractivity (Wildman–Crippen MR) is 91.0 cm³/mol. The van der Waals surface area contributed by atoms with Crippen LogP contribution in [-0.2, 0) is 22.3 Å². The van der Waals surface area contributed by atoms with Crippen molar-refractivity contribution in [3.63, 3.8) is 0 Å². The highest BCUT2D eigenvalue weighted by molar-refractivity contribution is 6.31. The molecule has 0 saturated heterocycles. The summed E-state index contributed by atoms with van der Waals surface area (Å²) >= 11 is 5.66. The van der Waals surface area contributed by atoms with Crippen molar-refractivity contribution >= 4 is 34.8 Å². The van der Waals surface area contributed by atoms with Crippen LogP contribution in [0.3, 0.4) is 0 Å². The van der Waals surface area contributed by atoms with E-state index in [9.17, 15) is 22.8 Å². The van der Waals surface area contributed by atoms with E-state index >= 15 is 0 Å². The van der Waals surface area contributed by atoms with Crippen LogP contribution in [0.15, 0.2) is 24.3 Å². The Bertz CT molecular complexity index is 816. The summed E-state index contributed by atoms with van der Waals surface area (Å²) in [6.45, 7) is 2.74. The average molecular weight is 389 g/mol. The van der Waals surface area contributed by atoms with E-state index in [1.54, 1.807) is 24.3 Å². The van der Waals surface area contributed by atoms with Gasteiger partial charge in [-0.2, -0.15) is 18.3 Å². The third-order valence-corrected chi connectivity index (χ3v) is 3.89. The maximum atomic E-state index is 12.8. The Hall–Kier alpha value is -2.55. The van der Waals surface area contributed by atoms with Gasteiger partial charge in [-0.25, -0.2) is 0 Å². The lowest BCUT2D eigenvalue weighted by molar-refractivity contribution is -0.141. The molecule has 1 aromatic heterocycles. The fraction of sp³-hybridized carbons (Fsp3) is 0.312. The molecule has 0 saturated carbocycles. The van der Waals surface area contributed by atoms with E-state index in [2.05, 4.69) is 15.7 Å². The number of nitrogens with zero attached hydrogens (tertiary/aromatic N) is 2. The Kier molecular flexibility index (Phi) is 5.91. The van der Waals surface area contributed by atoms with E-state index < -0.39 is 22.8 Å². The molecule has 2 rings (SSSR count). The van der Waals surface area contributed by atoms with Gasteiger partial charge in [-0.15, -0.1) is 0 Å². The molecule has 2 N–H and O–H groups in total. The molecule has 140 valence electrons. The fourth-order valence-electron chi connectivity index (χ4n) is 2.19. The second-order valence-corrected chi connectivity index (χ2v) is 5.90. The van der Waals surface area contributed by atoms with Gasteiger partial charge in [-0.3, -0.25) is 14.3 Å². The zero-order chi connectivity index (χ0) is 19.5. The van der Waals surface area contributed by atoms with Crippen LogP contribution in [0.5, 0.6) is 0 Å². The number of rotatable bonds is 5. The van der Waals surface area contributed by atoms with Crippen LogP contribution in [0.2, 0.25) is 5.02 Å². The summed E-state index contributed by atoms with van der Waals surface area (Å²) < 4.78 is 39.4. The number of hydrogen-bond acceptors (Lipinski definition) is 3. The van der Waals surface area contributed by atoms with Gasteiger partial charge >= 0.3 is 6.18 Å². The summed E-state index contributed by atoms with van der Waals surface area (Å²) in [5, 5.41) is 8.18. The number of alkyl halides is 3. The summed E-state index contributed by atoms with van der Waals surface area (Å²) in [6.07, 6.45) is -4.73. The van der Waals surface area contributed by atoms with E-state index in [1.807, 2.05) is 0 Å². The second kappa shape index (κ2) is 7.77. The van der Waals surface area contributed by atoms with Crippen LogP contribution < -0.4 is 10.6 Å². The van der Waals surface area contributed by atoms with Crippen LogP contribution in [0.25, 0.3) is 0 Å². The number of halogens is 4. The third kappa shape index (κ3) is 4.98. The number of hydrogen-bond donors (Lipinski definition) is 2. The molecule has 0 fully saturated rings. The lowest BCUT2D eigenvalue weighted by atomic mass is 10.2. The molecule has 10 heteroatoms. The molecular formula is C16H16ClF3N4O2. The molecule has 1 aromatic carbocycles. The van der Waals surface area contributed by atoms with Crippen LogP contribution >= 0.6 is 11.6 Å². The molecule has 2 aromatic rings. The van der Waals surface area contributed by atoms with Crippen molar-refractivity contribution in [2.75, 3.05) is 10.6 Å². The number of anilines is 2. The van der Waals surface area contributed by atoms with Gasteiger partial charge in [0, 0.05) is 24.7 Å². The van der Waals surface area contributed by atoms with E-state index in [0.29, 0.717) is 11.4 Å². The molecule has 0 radical (unpaired) electrons. The van der Waals surface area contributed by atoms with Gasteiger partial charge < -0.3 is 10.6 Å². The first-order chi connectivity index (χ1) is 12.1. The zero-order valence-electron chi connectivity index (χ0n) is 13.9. The summed E-state index contributed by atoms with van der Waals surface area (Å²) in [7, 11) is 0. The van der Waals surface area contributed by atoms with Crippen molar-refractivity contribution in [3.05, 3.63) is 40.7 Å². The van der Waals surface area contributed by atoms with Crippen LogP contribution in [0.1, 0.15) is 24.7 Å². The molecule has 0 spiro atoms. The quantitative estimate of drug-likeness (QED) is 0.816. The zero-order valence-corrected chi connectivity index (χ0v) is 14.7. The first-order valence-corrected chi connectivity index (χ1v) is 7.93. The van der Waals surface area contributed by atoms with Crippen molar-refractivity contribution in [1.82, 2.24) is 9.78 Å². The molecule has 0 aliphatic rings. The molecular weight excluding hydrogens is 373 g/mol. The molecule has 0 aliphatic carbocycles. The molecule has 0 atom stereocenters. The van der Waals surface area contributed by atoms with Gasteiger partial charge in [0.15, 0.2) is 5.69 Å². The summed E-state index contributed by atoms with van der Waals surface area (Å²) in [5.41, 5.74) is 0.0596. The largest absolute Gasteiger partial charge is 0.436 e. The van der Waals surface area contributed by atoms with Gasteiger partial charge in [-0.1, -0.05) is 11.6 Å². The Morgan fingerprint density at radius 3 is 2.15 bits per heavy atom. The minimum Gasteiger partial charge on any atom is -0.326 e. The predicted octanol–water partition coefficient (Wildman–Crippen LogP) is 3.85. The van der Waals surface area contributed by atoms with Crippen LogP contribution in [-0.4, -0.2) is 21.6 Å². The Balaban J connectivity index is 1.96. The van der Waals surface area contributed by atoms with E-state index in [4.69, 9.17) is 11.6 Å². The molecule has 0 aliphatic heterocycles. The molecule has 1 heterocycles. The first kappa shape index (κ1) is 19.8. The number of aromatic nitrogens is 2. The minimum absolute atomic E-state index is 0.0442. The lowest BCUT2D eigenvalue weighted by Crippen LogP contribution is -2.16. The number of nitrogens with one attached hydrogen (secondary N) is 2. The van der Waals surface area contributed by atoms with E-state index in [-0.39, 0.29) is 24.6 Å². The van der Waals surface area contributed by atoms with E-state index in [0.717, 1.165) is 4.68 Å². The van der Waals surface area contributed by atoms with Gasteiger partial charge in [0.2, 0.25) is 11.8 Å². The van der Waals surface area contributed by atoms with Gasteiger partial charge in [0.1, 0.15) is 0 Å². The lowest BCUT2D eigenvalue weighted by Gasteiger charge is -2.08. The minimum atomic E-state index is -4.65. The molecule has 0 unspecified atom stereocenters. The SMILES string of the molecule is CC(=O)Nc1ccc(NC(=O)CCn2nc(C(F)(F)F)c(Cl)c2C)cc1. The summed E-state index contributed by atoms with van der Waals surface area (Å²) in [6, 6.07) is 6.43. The standard InChI is InChI=1S/C16H16ClF3N4O2/c1-9-14(17)15(16(18,19)20)23-24(9)8-7-13(26)22-12-5-3-11(4-6-12)21-10(2)25/h3-6H,7-8H2,1-2H3,(H,21,25)(H,22,26). The number of carbonyl (C=O) groups excluding carboxylic acids is 2. The van der Waals surface area contributed by atoms with Crippen molar-refractivity contribution in [2.24, 2.45) is 0 Å². The monoisotopic (exact) mass is 388 g/mol. The number of amides is 2. The summed E-state index contributed by atoms with van der Waals surface area (Å²) in [5.74, 6) is -0.606. The van der Waals surface area contributed by atoms with Crippen LogP contribution in [0, 0.1) is 6.92 Å². The second-order valence-electron chi connectivity index (χ2n) is 5.53. The fourth-order valence-corrected chi connectivity index (χ4v) is 2.44. The van der Waals surface area contributed by atoms with Crippen molar-refractivity contribution in [3.8, 4) is 0 Å². The molecule has 26 heavy (non-hydrogen) atoms. The molecule has 6 nitrogen and oxygen atoms in total. The Morgan fingerprint density at radius 1 is 1.15 bits per heavy atom. The molecule has 0 bridgehead atoms. The third-order valence-electron chi connectivity index (χ3n) is 3.44.